The molecule has 27 heavy (non-hydrogen) atoms. The minimum Gasteiger partial charge on any atom is -0.321 e. The molecule has 5 nitrogen and oxygen atoms in total. The Hall–Kier alpha value is -2.57. The summed E-state index contributed by atoms with van der Waals surface area (Å²) in [5.74, 6) is -0.304. The van der Waals surface area contributed by atoms with E-state index in [0.717, 1.165) is 30.2 Å². The van der Waals surface area contributed by atoms with E-state index in [0.29, 0.717) is 5.56 Å². The number of halogens is 1. The highest BCUT2D eigenvalue weighted by atomic mass is 35.5. The number of aryl methyl sites for hydroxylation is 2. The Kier molecular flexibility index (Phi) is 4.32. The summed E-state index contributed by atoms with van der Waals surface area (Å²) in [4.78, 5) is 12.7. The molecule has 3 aromatic rings. The van der Waals surface area contributed by atoms with Crippen molar-refractivity contribution in [1.82, 2.24) is 0 Å². The summed E-state index contributed by atoms with van der Waals surface area (Å²) >= 11 is 6.12. The summed E-state index contributed by atoms with van der Waals surface area (Å²) in [7, 11) is -3.44. The average Bonchev–Trinajstić information content (AvgIpc) is 3.03. The number of amides is 1. The van der Waals surface area contributed by atoms with Crippen molar-refractivity contribution >= 4 is 49.7 Å². The molecule has 0 atom stereocenters. The van der Waals surface area contributed by atoms with Crippen LogP contribution >= 0.6 is 11.6 Å². The van der Waals surface area contributed by atoms with E-state index in [4.69, 9.17) is 11.6 Å². The second kappa shape index (κ2) is 6.55. The van der Waals surface area contributed by atoms with Gasteiger partial charge in [0.2, 0.25) is 10.0 Å². The number of carbonyl (C=O) groups excluding carboxylic acids is 1. The molecule has 4 rings (SSSR count). The lowest BCUT2D eigenvalue weighted by molar-refractivity contribution is 0.102. The predicted molar refractivity (Wildman–Crippen MR) is 109 cm³/mol. The molecule has 1 aliphatic carbocycles. The topological polar surface area (TPSA) is 75.3 Å². The summed E-state index contributed by atoms with van der Waals surface area (Å²) in [5.41, 5.74) is 3.94. The van der Waals surface area contributed by atoms with E-state index in [9.17, 15) is 13.2 Å². The standard InChI is InChI=1S/C20H17ClN2O3S/c1-27(25,26)23-18-10-8-14(11-16(18)21)20(24)22-17-9-7-13-6-5-12-3-2-4-15(17)19(12)13/h2-4,7-11,23H,5-6H2,1H3,(H,22,24). The third-order valence-corrected chi connectivity index (χ3v) is 5.56. The monoisotopic (exact) mass is 400 g/mol. The molecule has 0 aliphatic heterocycles. The van der Waals surface area contributed by atoms with Crippen LogP contribution in [0, 0.1) is 0 Å². The Labute approximate surface area is 162 Å². The Bertz CT molecular complexity index is 1180. The third-order valence-electron chi connectivity index (χ3n) is 4.65. The van der Waals surface area contributed by atoms with Gasteiger partial charge in [-0.25, -0.2) is 8.42 Å². The second-order valence-corrected chi connectivity index (χ2v) is 8.79. The number of benzene rings is 3. The highest BCUT2D eigenvalue weighted by Crippen LogP contribution is 2.35. The van der Waals surface area contributed by atoms with Gasteiger partial charge < -0.3 is 5.32 Å². The third kappa shape index (κ3) is 3.50. The molecule has 0 fully saturated rings. The molecule has 138 valence electrons. The largest absolute Gasteiger partial charge is 0.321 e. The molecule has 1 amide bonds. The maximum atomic E-state index is 12.7. The summed E-state index contributed by atoms with van der Waals surface area (Å²) in [6.45, 7) is 0. The van der Waals surface area contributed by atoms with Gasteiger partial charge in [-0.2, -0.15) is 0 Å². The van der Waals surface area contributed by atoms with Gasteiger partial charge in [0.15, 0.2) is 0 Å². The van der Waals surface area contributed by atoms with Crippen LogP contribution < -0.4 is 10.0 Å². The van der Waals surface area contributed by atoms with Gasteiger partial charge in [0, 0.05) is 16.6 Å². The van der Waals surface area contributed by atoms with Crippen LogP contribution in [0.5, 0.6) is 0 Å². The fourth-order valence-corrected chi connectivity index (χ4v) is 4.35. The lowest BCUT2D eigenvalue weighted by Gasteiger charge is -2.12. The fourth-order valence-electron chi connectivity index (χ4n) is 3.49. The molecule has 3 aromatic carbocycles. The van der Waals surface area contributed by atoms with Crippen LogP contribution in [0.15, 0.2) is 48.5 Å². The quantitative estimate of drug-likeness (QED) is 0.688. The summed E-state index contributed by atoms with van der Waals surface area (Å²) in [5, 5.41) is 5.35. The number of hydrogen-bond acceptors (Lipinski definition) is 3. The van der Waals surface area contributed by atoms with Crippen molar-refractivity contribution in [3.63, 3.8) is 0 Å². The lowest BCUT2D eigenvalue weighted by atomic mass is 10.0. The van der Waals surface area contributed by atoms with Gasteiger partial charge in [-0.3, -0.25) is 9.52 Å². The summed E-state index contributed by atoms with van der Waals surface area (Å²) < 4.78 is 25.0. The van der Waals surface area contributed by atoms with Crippen LogP contribution in [0.4, 0.5) is 11.4 Å². The van der Waals surface area contributed by atoms with Gasteiger partial charge in [0.05, 0.1) is 17.0 Å². The van der Waals surface area contributed by atoms with E-state index in [1.807, 2.05) is 18.2 Å². The first-order chi connectivity index (χ1) is 12.8. The van der Waals surface area contributed by atoms with E-state index in [1.54, 1.807) is 0 Å². The summed E-state index contributed by atoms with van der Waals surface area (Å²) in [6, 6.07) is 14.6. The van der Waals surface area contributed by atoms with Crippen LogP contribution in [0.25, 0.3) is 10.8 Å². The molecular formula is C20H17ClN2O3S. The zero-order valence-electron chi connectivity index (χ0n) is 14.5. The van der Waals surface area contributed by atoms with Crippen LogP contribution in [0.2, 0.25) is 5.02 Å². The van der Waals surface area contributed by atoms with E-state index < -0.39 is 10.0 Å². The molecular weight excluding hydrogens is 384 g/mol. The highest BCUT2D eigenvalue weighted by Gasteiger charge is 2.17. The molecule has 0 heterocycles. The molecule has 7 heteroatoms. The molecule has 0 unspecified atom stereocenters. The normalized spacial score (nSPS) is 13.0. The van der Waals surface area contributed by atoms with Gasteiger partial charge in [0.25, 0.3) is 5.91 Å². The predicted octanol–water partition coefficient (Wildman–Crippen LogP) is 4.22. The van der Waals surface area contributed by atoms with Gasteiger partial charge in [0.1, 0.15) is 0 Å². The first kappa shape index (κ1) is 17.8. The highest BCUT2D eigenvalue weighted by molar-refractivity contribution is 7.92. The SMILES string of the molecule is CS(=O)(=O)Nc1ccc(C(=O)Nc2ccc3c4c(cccc24)CC3)cc1Cl. The molecule has 0 aromatic heterocycles. The minimum absolute atomic E-state index is 0.161. The van der Waals surface area contributed by atoms with E-state index >= 15 is 0 Å². The number of sulfonamides is 1. The lowest BCUT2D eigenvalue weighted by Crippen LogP contribution is -2.13. The average molecular weight is 401 g/mol. The van der Waals surface area contributed by atoms with E-state index in [2.05, 4.69) is 22.2 Å². The molecule has 1 aliphatic rings. The number of hydrogen-bond donors (Lipinski definition) is 2. The van der Waals surface area contributed by atoms with Crippen molar-refractivity contribution in [2.45, 2.75) is 12.8 Å². The van der Waals surface area contributed by atoms with Crippen molar-refractivity contribution in [3.05, 3.63) is 70.2 Å². The van der Waals surface area contributed by atoms with Crippen LogP contribution in [0.1, 0.15) is 21.5 Å². The van der Waals surface area contributed by atoms with Crippen LogP contribution in [-0.4, -0.2) is 20.6 Å². The van der Waals surface area contributed by atoms with Crippen molar-refractivity contribution in [2.75, 3.05) is 16.3 Å². The number of rotatable bonds is 4. The molecule has 0 spiro atoms. The Balaban J connectivity index is 1.64. The maximum Gasteiger partial charge on any atom is 0.255 e. The minimum atomic E-state index is -3.44. The fraction of sp³-hybridized carbons (Fsp3) is 0.150. The zero-order chi connectivity index (χ0) is 19.2. The Morgan fingerprint density at radius 2 is 1.70 bits per heavy atom. The second-order valence-electron chi connectivity index (χ2n) is 6.63. The maximum absolute atomic E-state index is 12.7. The van der Waals surface area contributed by atoms with Gasteiger partial charge in [-0.1, -0.05) is 35.9 Å². The Morgan fingerprint density at radius 1 is 1.00 bits per heavy atom. The van der Waals surface area contributed by atoms with E-state index in [1.165, 1.54) is 34.7 Å². The van der Waals surface area contributed by atoms with Crippen molar-refractivity contribution in [2.24, 2.45) is 0 Å². The number of carbonyl (C=O) groups is 1. The van der Waals surface area contributed by atoms with Crippen molar-refractivity contribution in [3.8, 4) is 0 Å². The van der Waals surface area contributed by atoms with E-state index in [-0.39, 0.29) is 16.6 Å². The Morgan fingerprint density at radius 3 is 2.41 bits per heavy atom. The van der Waals surface area contributed by atoms with Gasteiger partial charge >= 0.3 is 0 Å². The molecule has 0 saturated carbocycles. The first-order valence-corrected chi connectivity index (χ1v) is 10.7. The summed E-state index contributed by atoms with van der Waals surface area (Å²) in [6.07, 6.45) is 3.09. The smallest absolute Gasteiger partial charge is 0.255 e. The van der Waals surface area contributed by atoms with Crippen LogP contribution in [0.3, 0.4) is 0 Å². The zero-order valence-corrected chi connectivity index (χ0v) is 16.1. The number of anilines is 2. The van der Waals surface area contributed by atoms with Gasteiger partial charge in [-0.05, 0) is 53.6 Å². The van der Waals surface area contributed by atoms with Crippen molar-refractivity contribution in [1.29, 1.82) is 0 Å². The first-order valence-electron chi connectivity index (χ1n) is 8.44. The van der Waals surface area contributed by atoms with Gasteiger partial charge in [-0.15, -0.1) is 0 Å². The number of nitrogens with one attached hydrogen (secondary N) is 2. The molecule has 2 N–H and O–H groups in total. The van der Waals surface area contributed by atoms with Crippen LogP contribution in [-0.2, 0) is 22.9 Å². The molecule has 0 saturated heterocycles. The molecule has 0 bridgehead atoms. The molecule has 0 radical (unpaired) electrons. The van der Waals surface area contributed by atoms with Crippen molar-refractivity contribution < 1.29 is 13.2 Å².